The molecule has 0 unspecified atom stereocenters. The van der Waals surface area contributed by atoms with Crippen LogP contribution in [0.3, 0.4) is 0 Å². The highest BCUT2D eigenvalue weighted by Gasteiger charge is 2.23. The van der Waals surface area contributed by atoms with Gasteiger partial charge in [0, 0.05) is 12.0 Å². The van der Waals surface area contributed by atoms with Crippen molar-refractivity contribution in [3.63, 3.8) is 0 Å². The van der Waals surface area contributed by atoms with Gasteiger partial charge in [-0.3, -0.25) is 4.79 Å². The highest BCUT2D eigenvalue weighted by atomic mass is 16.5. The molecule has 0 aliphatic heterocycles. The second-order valence-electron chi connectivity index (χ2n) is 4.65. The number of carboxylic acid groups (broad SMARTS) is 1. The summed E-state index contributed by atoms with van der Waals surface area (Å²) >= 11 is 0. The summed E-state index contributed by atoms with van der Waals surface area (Å²) in [7, 11) is 0. The lowest BCUT2D eigenvalue weighted by Crippen LogP contribution is -2.43. The summed E-state index contributed by atoms with van der Waals surface area (Å²) in [4.78, 5) is 34.4. The van der Waals surface area contributed by atoms with Crippen LogP contribution in [-0.4, -0.2) is 35.6 Å². The van der Waals surface area contributed by atoms with Crippen molar-refractivity contribution in [3.05, 3.63) is 48.0 Å². The molecule has 118 valence electrons. The van der Waals surface area contributed by atoms with Crippen molar-refractivity contribution in [2.45, 2.75) is 25.8 Å². The average molecular weight is 305 g/mol. The number of carboxylic acids is 1. The largest absolute Gasteiger partial charge is 0.478 e. The summed E-state index contributed by atoms with van der Waals surface area (Å²) in [6.07, 6.45) is -0.106. The van der Waals surface area contributed by atoms with E-state index < -0.39 is 23.9 Å². The van der Waals surface area contributed by atoms with Crippen molar-refractivity contribution >= 4 is 17.8 Å². The summed E-state index contributed by atoms with van der Waals surface area (Å²) in [5.74, 6) is -2.38. The molecular weight excluding hydrogens is 286 g/mol. The topological polar surface area (TPSA) is 92.7 Å². The number of hydrogen-bond donors (Lipinski definition) is 2. The molecule has 0 bridgehead atoms. The van der Waals surface area contributed by atoms with Crippen LogP contribution in [0, 0.1) is 0 Å². The van der Waals surface area contributed by atoms with Crippen molar-refractivity contribution in [3.8, 4) is 0 Å². The van der Waals surface area contributed by atoms with Gasteiger partial charge in [-0.2, -0.15) is 0 Å². The number of ether oxygens (including phenoxy) is 1. The molecule has 22 heavy (non-hydrogen) atoms. The van der Waals surface area contributed by atoms with Crippen LogP contribution in [0.25, 0.3) is 0 Å². The van der Waals surface area contributed by atoms with Crippen molar-refractivity contribution in [1.82, 2.24) is 5.32 Å². The summed E-state index contributed by atoms with van der Waals surface area (Å²) in [6.45, 7) is 5.16. The Hall–Kier alpha value is -2.63. The quantitative estimate of drug-likeness (QED) is 0.558. The van der Waals surface area contributed by atoms with Gasteiger partial charge >= 0.3 is 11.9 Å². The lowest BCUT2D eigenvalue weighted by atomic mass is 10.1. The van der Waals surface area contributed by atoms with Gasteiger partial charge in [0.25, 0.3) is 0 Å². The Morgan fingerprint density at radius 2 is 1.91 bits per heavy atom. The van der Waals surface area contributed by atoms with Gasteiger partial charge < -0.3 is 15.2 Å². The molecule has 1 amide bonds. The van der Waals surface area contributed by atoms with E-state index in [-0.39, 0.29) is 25.0 Å². The highest BCUT2D eigenvalue weighted by molar-refractivity contribution is 5.94. The maximum absolute atomic E-state index is 11.9. The van der Waals surface area contributed by atoms with E-state index >= 15 is 0 Å². The Morgan fingerprint density at radius 3 is 2.45 bits per heavy atom. The second-order valence-corrected chi connectivity index (χ2v) is 4.65. The van der Waals surface area contributed by atoms with E-state index in [0.29, 0.717) is 0 Å². The molecule has 1 aromatic carbocycles. The molecule has 0 saturated heterocycles. The molecule has 2 N–H and O–H groups in total. The van der Waals surface area contributed by atoms with Gasteiger partial charge in [0.2, 0.25) is 5.91 Å². The lowest BCUT2D eigenvalue weighted by Gasteiger charge is -2.17. The summed E-state index contributed by atoms with van der Waals surface area (Å²) in [5.41, 5.74) is 0.623. The molecule has 6 heteroatoms. The molecule has 0 spiro atoms. The summed E-state index contributed by atoms with van der Waals surface area (Å²) in [6, 6.07) is 8.29. The van der Waals surface area contributed by atoms with E-state index in [0.717, 1.165) is 5.56 Å². The fourth-order valence-electron chi connectivity index (χ4n) is 1.80. The number of amides is 1. The molecule has 0 aliphatic rings. The maximum atomic E-state index is 11.9. The first kappa shape index (κ1) is 17.4. The third-order valence-corrected chi connectivity index (χ3v) is 2.87. The minimum Gasteiger partial charge on any atom is -0.478 e. The monoisotopic (exact) mass is 305 g/mol. The zero-order chi connectivity index (χ0) is 16.5. The minimum atomic E-state index is -1.24. The molecule has 1 atom stereocenters. The van der Waals surface area contributed by atoms with Crippen LogP contribution in [0.5, 0.6) is 0 Å². The summed E-state index contributed by atoms with van der Waals surface area (Å²) in [5, 5.41) is 11.2. The SMILES string of the molecule is C=C(CC(=O)N[C@@H](Cc1ccccc1)C(=O)OCC)C(=O)O. The van der Waals surface area contributed by atoms with Gasteiger partial charge in [0.15, 0.2) is 0 Å². The first-order chi connectivity index (χ1) is 10.4. The molecule has 0 saturated carbocycles. The van der Waals surface area contributed by atoms with Crippen LogP contribution in [0.15, 0.2) is 42.5 Å². The molecule has 6 nitrogen and oxygen atoms in total. The maximum Gasteiger partial charge on any atom is 0.331 e. The van der Waals surface area contributed by atoms with E-state index in [1.165, 1.54) is 0 Å². The fourth-order valence-corrected chi connectivity index (χ4v) is 1.80. The van der Waals surface area contributed by atoms with Crippen molar-refractivity contribution in [2.75, 3.05) is 6.61 Å². The fraction of sp³-hybridized carbons (Fsp3) is 0.312. The molecule has 0 aromatic heterocycles. The minimum absolute atomic E-state index is 0.196. The molecule has 1 aromatic rings. The third-order valence-electron chi connectivity index (χ3n) is 2.87. The lowest BCUT2D eigenvalue weighted by molar-refractivity contribution is -0.147. The molecule has 0 radical (unpaired) electrons. The summed E-state index contributed by atoms with van der Waals surface area (Å²) < 4.78 is 4.94. The predicted octanol–water partition coefficient (Wildman–Crippen LogP) is 1.31. The predicted molar refractivity (Wildman–Crippen MR) is 80.1 cm³/mol. The number of benzene rings is 1. The Labute approximate surface area is 128 Å². The Kier molecular flexibility index (Phi) is 6.82. The van der Waals surface area contributed by atoms with Crippen molar-refractivity contribution < 1.29 is 24.2 Å². The Morgan fingerprint density at radius 1 is 1.27 bits per heavy atom. The standard InChI is InChI=1S/C16H19NO5/c1-3-22-16(21)13(10-12-7-5-4-6-8-12)17-14(18)9-11(2)15(19)20/h4-8,13H,2-3,9-10H2,1H3,(H,17,18)(H,19,20)/t13-/m0/s1. The molecule has 0 aliphatic carbocycles. The zero-order valence-electron chi connectivity index (χ0n) is 12.4. The number of carbonyl (C=O) groups excluding carboxylic acids is 2. The van der Waals surface area contributed by atoms with Crippen LogP contribution in [0.1, 0.15) is 18.9 Å². The Balaban J connectivity index is 2.73. The molecule has 0 heterocycles. The molecular formula is C16H19NO5. The first-order valence-electron chi connectivity index (χ1n) is 6.85. The molecule has 0 fully saturated rings. The van der Waals surface area contributed by atoms with Crippen molar-refractivity contribution in [2.24, 2.45) is 0 Å². The van der Waals surface area contributed by atoms with Gasteiger partial charge in [-0.15, -0.1) is 0 Å². The van der Waals surface area contributed by atoms with Crippen molar-refractivity contribution in [1.29, 1.82) is 0 Å². The van der Waals surface area contributed by atoms with Crippen LogP contribution < -0.4 is 5.32 Å². The average Bonchev–Trinajstić information content (AvgIpc) is 2.47. The van der Waals surface area contributed by atoms with E-state index in [4.69, 9.17) is 9.84 Å². The van der Waals surface area contributed by atoms with Crippen LogP contribution in [0.4, 0.5) is 0 Å². The second kappa shape index (κ2) is 8.61. The van der Waals surface area contributed by atoms with E-state index in [9.17, 15) is 14.4 Å². The van der Waals surface area contributed by atoms with Gasteiger partial charge in [-0.05, 0) is 12.5 Å². The highest BCUT2D eigenvalue weighted by Crippen LogP contribution is 2.06. The number of rotatable bonds is 8. The van der Waals surface area contributed by atoms with Gasteiger partial charge in [-0.1, -0.05) is 36.9 Å². The van der Waals surface area contributed by atoms with Gasteiger partial charge in [0.1, 0.15) is 6.04 Å². The normalized spacial score (nSPS) is 11.3. The first-order valence-corrected chi connectivity index (χ1v) is 6.85. The van der Waals surface area contributed by atoms with Crippen LogP contribution in [0.2, 0.25) is 0 Å². The third kappa shape index (κ3) is 5.78. The number of carbonyl (C=O) groups is 3. The zero-order valence-corrected chi connectivity index (χ0v) is 12.4. The number of nitrogens with one attached hydrogen (secondary N) is 1. The van der Waals surface area contributed by atoms with Crippen LogP contribution in [-0.2, 0) is 25.5 Å². The van der Waals surface area contributed by atoms with Gasteiger partial charge in [0.05, 0.1) is 13.0 Å². The molecule has 1 rings (SSSR count). The van der Waals surface area contributed by atoms with E-state index in [1.807, 2.05) is 30.3 Å². The smallest absolute Gasteiger partial charge is 0.331 e. The number of aliphatic carboxylic acids is 1. The number of hydrogen-bond acceptors (Lipinski definition) is 4. The number of esters is 1. The Bertz CT molecular complexity index is 553. The van der Waals surface area contributed by atoms with E-state index in [1.54, 1.807) is 6.92 Å². The van der Waals surface area contributed by atoms with Gasteiger partial charge in [-0.25, -0.2) is 9.59 Å². The van der Waals surface area contributed by atoms with Crippen LogP contribution >= 0.6 is 0 Å². The van der Waals surface area contributed by atoms with E-state index in [2.05, 4.69) is 11.9 Å².